The third-order valence-corrected chi connectivity index (χ3v) is 3.41. The van der Waals surface area contributed by atoms with Crippen LogP contribution in [0.3, 0.4) is 0 Å². The van der Waals surface area contributed by atoms with Crippen molar-refractivity contribution >= 4 is 29.3 Å². The molecule has 0 saturated carbocycles. The molecule has 22 heavy (non-hydrogen) atoms. The van der Waals surface area contributed by atoms with Crippen LogP contribution >= 0.6 is 11.6 Å². The number of rotatable bonds is 8. The van der Waals surface area contributed by atoms with Gasteiger partial charge in [-0.3, -0.25) is 4.79 Å². The standard InChI is InChI=1S/C16H23ClN2O3/c1-3-5-11-19(12-10-15(20)22-4-2)16(21)18-14-9-7-6-8-13(14)17/h6-9H,3-5,10-12H2,1-2H3,(H,18,21). The van der Waals surface area contributed by atoms with Crippen molar-refractivity contribution in [3.05, 3.63) is 29.3 Å². The number of amides is 2. The highest BCUT2D eigenvalue weighted by molar-refractivity contribution is 6.33. The zero-order chi connectivity index (χ0) is 16.4. The second kappa shape index (κ2) is 10.1. The normalized spacial score (nSPS) is 10.1. The topological polar surface area (TPSA) is 58.6 Å². The second-order valence-electron chi connectivity index (χ2n) is 4.81. The molecule has 0 radical (unpaired) electrons. The number of halogens is 1. The van der Waals surface area contributed by atoms with Gasteiger partial charge >= 0.3 is 12.0 Å². The number of carbonyl (C=O) groups is 2. The SMILES string of the molecule is CCCCN(CCC(=O)OCC)C(=O)Nc1ccccc1Cl. The molecule has 0 saturated heterocycles. The highest BCUT2D eigenvalue weighted by atomic mass is 35.5. The summed E-state index contributed by atoms with van der Waals surface area (Å²) in [6, 6.07) is 6.80. The third kappa shape index (κ3) is 6.35. The summed E-state index contributed by atoms with van der Waals surface area (Å²) in [6.07, 6.45) is 2.03. The maximum atomic E-state index is 12.3. The molecule has 0 unspecified atom stereocenters. The van der Waals surface area contributed by atoms with Gasteiger partial charge < -0.3 is 15.0 Å². The Balaban J connectivity index is 2.63. The van der Waals surface area contributed by atoms with Gasteiger partial charge in [0.15, 0.2) is 0 Å². The van der Waals surface area contributed by atoms with Gasteiger partial charge in [0.05, 0.1) is 23.7 Å². The van der Waals surface area contributed by atoms with Crippen LogP contribution in [-0.4, -0.2) is 36.6 Å². The minimum Gasteiger partial charge on any atom is -0.466 e. The Morgan fingerprint density at radius 2 is 1.95 bits per heavy atom. The van der Waals surface area contributed by atoms with Crippen LogP contribution in [0.15, 0.2) is 24.3 Å². The Hall–Kier alpha value is -1.75. The molecule has 1 N–H and O–H groups in total. The summed E-state index contributed by atoms with van der Waals surface area (Å²) in [5.41, 5.74) is 0.562. The molecule has 1 aromatic rings. The molecule has 0 bridgehead atoms. The fourth-order valence-electron chi connectivity index (χ4n) is 1.88. The fourth-order valence-corrected chi connectivity index (χ4v) is 2.06. The Labute approximate surface area is 136 Å². The molecule has 5 nitrogen and oxygen atoms in total. The van der Waals surface area contributed by atoms with Crippen molar-refractivity contribution in [2.24, 2.45) is 0 Å². The number of para-hydroxylation sites is 1. The number of ether oxygens (including phenoxy) is 1. The van der Waals surface area contributed by atoms with E-state index in [-0.39, 0.29) is 18.4 Å². The molecular formula is C16H23ClN2O3. The summed E-state index contributed by atoms with van der Waals surface area (Å²) in [7, 11) is 0. The molecule has 0 aliphatic heterocycles. The van der Waals surface area contributed by atoms with Crippen LogP contribution in [0.1, 0.15) is 33.1 Å². The molecule has 2 amide bonds. The van der Waals surface area contributed by atoms with Gasteiger partial charge in [-0.2, -0.15) is 0 Å². The van der Waals surface area contributed by atoms with E-state index in [0.29, 0.717) is 30.4 Å². The first kappa shape index (κ1) is 18.3. The smallest absolute Gasteiger partial charge is 0.321 e. The molecule has 0 aliphatic rings. The maximum Gasteiger partial charge on any atom is 0.321 e. The van der Waals surface area contributed by atoms with Crippen molar-refractivity contribution in [3.63, 3.8) is 0 Å². The van der Waals surface area contributed by atoms with E-state index in [1.54, 1.807) is 36.1 Å². The summed E-state index contributed by atoms with van der Waals surface area (Å²) in [5.74, 6) is -0.297. The number of nitrogens with one attached hydrogen (secondary N) is 1. The summed E-state index contributed by atoms with van der Waals surface area (Å²) < 4.78 is 4.90. The summed E-state index contributed by atoms with van der Waals surface area (Å²) in [5, 5.41) is 3.26. The predicted octanol–water partition coefficient (Wildman–Crippen LogP) is 3.93. The number of urea groups is 1. The van der Waals surface area contributed by atoms with E-state index in [2.05, 4.69) is 12.2 Å². The molecular weight excluding hydrogens is 304 g/mol. The Morgan fingerprint density at radius 1 is 1.23 bits per heavy atom. The van der Waals surface area contributed by atoms with Crippen molar-refractivity contribution in [3.8, 4) is 0 Å². The van der Waals surface area contributed by atoms with Crippen LogP contribution in [0, 0.1) is 0 Å². The predicted molar refractivity (Wildman–Crippen MR) is 88.2 cm³/mol. The number of carbonyl (C=O) groups excluding carboxylic acids is 2. The Morgan fingerprint density at radius 3 is 2.59 bits per heavy atom. The summed E-state index contributed by atoms with van der Waals surface area (Å²) >= 11 is 6.04. The van der Waals surface area contributed by atoms with E-state index >= 15 is 0 Å². The maximum absolute atomic E-state index is 12.3. The van der Waals surface area contributed by atoms with Crippen molar-refractivity contribution in [1.82, 2.24) is 4.90 Å². The molecule has 0 spiro atoms. The first-order chi connectivity index (χ1) is 10.6. The number of anilines is 1. The van der Waals surface area contributed by atoms with E-state index in [1.807, 2.05) is 0 Å². The molecule has 0 atom stereocenters. The largest absolute Gasteiger partial charge is 0.466 e. The van der Waals surface area contributed by atoms with Crippen molar-refractivity contribution < 1.29 is 14.3 Å². The number of benzene rings is 1. The number of nitrogens with zero attached hydrogens (tertiary/aromatic N) is 1. The van der Waals surface area contributed by atoms with Crippen molar-refractivity contribution in [1.29, 1.82) is 0 Å². The average molecular weight is 327 g/mol. The molecule has 122 valence electrons. The van der Waals surface area contributed by atoms with E-state index < -0.39 is 0 Å². The molecule has 1 rings (SSSR count). The molecule has 0 aromatic heterocycles. The lowest BCUT2D eigenvalue weighted by molar-refractivity contribution is -0.143. The summed E-state index contributed by atoms with van der Waals surface area (Å²) in [6.45, 7) is 5.08. The zero-order valence-electron chi connectivity index (χ0n) is 13.1. The van der Waals surface area contributed by atoms with Gasteiger partial charge in [0.2, 0.25) is 0 Å². The molecule has 0 heterocycles. The number of hydrogen-bond donors (Lipinski definition) is 1. The van der Waals surface area contributed by atoms with Crippen LogP contribution in [0.2, 0.25) is 5.02 Å². The number of hydrogen-bond acceptors (Lipinski definition) is 3. The number of unbranched alkanes of at least 4 members (excludes halogenated alkanes) is 1. The lowest BCUT2D eigenvalue weighted by Gasteiger charge is -2.23. The third-order valence-electron chi connectivity index (χ3n) is 3.08. The van der Waals surface area contributed by atoms with Gasteiger partial charge in [-0.25, -0.2) is 4.79 Å². The van der Waals surface area contributed by atoms with E-state index in [0.717, 1.165) is 12.8 Å². The van der Waals surface area contributed by atoms with Crippen molar-refractivity contribution in [2.45, 2.75) is 33.1 Å². The van der Waals surface area contributed by atoms with Gasteiger partial charge in [0, 0.05) is 13.1 Å². The Kier molecular flexibility index (Phi) is 8.36. The van der Waals surface area contributed by atoms with Crippen LogP contribution < -0.4 is 5.32 Å². The lowest BCUT2D eigenvalue weighted by Crippen LogP contribution is -2.37. The molecule has 1 aromatic carbocycles. The van der Waals surface area contributed by atoms with E-state index in [1.165, 1.54) is 0 Å². The molecule has 0 fully saturated rings. The first-order valence-electron chi connectivity index (χ1n) is 7.54. The van der Waals surface area contributed by atoms with Gasteiger partial charge in [-0.05, 0) is 25.5 Å². The number of esters is 1. The summed E-state index contributed by atoms with van der Waals surface area (Å²) in [4.78, 5) is 25.4. The van der Waals surface area contributed by atoms with Gasteiger partial charge in [-0.1, -0.05) is 37.1 Å². The Bertz CT molecular complexity index is 494. The minimum atomic E-state index is -0.297. The van der Waals surface area contributed by atoms with E-state index in [4.69, 9.17) is 16.3 Å². The highest BCUT2D eigenvalue weighted by Gasteiger charge is 2.16. The van der Waals surface area contributed by atoms with Gasteiger partial charge in [-0.15, -0.1) is 0 Å². The molecule has 6 heteroatoms. The van der Waals surface area contributed by atoms with Crippen LogP contribution in [0.25, 0.3) is 0 Å². The van der Waals surface area contributed by atoms with Crippen LogP contribution in [0.5, 0.6) is 0 Å². The van der Waals surface area contributed by atoms with E-state index in [9.17, 15) is 9.59 Å². The van der Waals surface area contributed by atoms with Crippen LogP contribution in [-0.2, 0) is 9.53 Å². The average Bonchev–Trinajstić information content (AvgIpc) is 2.50. The monoisotopic (exact) mass is 326 g/mol. The molecule has 0 aliphatic carbocycles. The van der Waals surface area contributed by atoms with Gasteiger partial charge in [0.25, 0.3) is 0 Å². The first-order valence-corrected chi connectivity index (χ1v) is 7.92. The lowest BCUT2D eigenvalue weighted by atomic mass is 10.3. The minimum absolute atomic E-state index is 0.188. The highest BCUT2D eigenvalue weighted by Crippen LogP contribution is 2.20. The van der Waals surface area contributed by atoms with Gasteiger partial charge in [0.1, 0.15) is 0 Å². The second-order valence-corrected chi connectivity index (χ2v) is 5.21. The fraction of sp³-hybridized carbons (Fsp3) is 0.500. The van der Waals surface area contributed by atoms with Crippen LogP contribution in [0.4, 0.5) is 10.5 Å². The van der Waals surface area contributed by atoms with Crippen molar-refractivity contribution in [2.75, 3.05) is 25.0 Å². The zero-order valence-corrected chi connectivity index (χ0v) is 13.9. The quantitative estimate of drug-likeness (QED) is 0.736.